The van der Waals surface area contributed by atoms with Gasteiger partial charge in [0.2, 0.25) is 0 Å². The van der Waals surface area contributed by atoms with Crippen LogP contribution in [-0.2, 0) is 0 Å². The summed E-state index contributed by atoms with van der Waals surface area (Å²) in [5.74, 6) is 0. The first-order chi connectivity index (χ1) is 12.2. The molecular formula is C21H23N3O. The maximum atomic E-state index is 12.1. The fraction of sp³-hybridized carbons (Fsp3) is 0.190. The largest absolute Gasteiger partial charge is 0.375 e. The lowest BCUT2D eigenvalue weighted by atomic mass is 10.1. The van der Waals surface area contributed by atoms with Gasteiger partial charge in [-0.2, -0.15) is 0 Å². The second-order valence-electron chi connectivity index (χ2n) is 6.02. The standard InChI is InChI=1S/C21H23N3O/c1-24(18-11-3-2-4-12-18)16-8-15-22-21(25)23-20-14-7-10-17-9-5-6-13-19(17)20/h2-7,9-14H,8,15-16H2,1H3,(H2,22,23,25). The summed E-state index contributed by atoms with van der Waals surface area (Å²) in [4.78, 5) is 14.3. The van der Waals surface area contributed by atoms with Gasteiger partial charge in [-0.15, -0.1) is 0 Å². The van der Waals surface area contributed by atoms with Gasteiger partial charge in [-0.3, -0.25) is 0 Å². The predicted molar refractivity (Wildman–Crippen MR) is 105 cm³/mol. The van der Waals surface area contributed by atoms with E-state index in [0.717, 1.165) is 29.4 Å². The third kappa shape index (κ3) is 4.51. The molecule has 25 heavy (non-hydrogen) atoms. The van der Waals surface area contributed by atoms with E-state index in [0.29, 0.717) is 6.54 Å². The van der Waals surface area contributed by atoms with Crippen molar-refractivity contribution in [1.29, 1.82) is 0 Å². The molecule has 0 aromatic heterocycles. The van der Waals surface area contributed by atoms with Crippen molar-refractivity contribution in [3.63, 3.8) is 0 Å². The number of rotatable bonds is 6. The highest BCUT2D eigenvalue weighted by atomic mass is 16.2. The molecular weight excluding hydrogens is 310 g/mol. The van der Waals surface area contributed by atoms with Crippen LogP contribution in [0.1, 0.15) is 6.42 Å². The van der Waals surface area contributed by atoms with Gasteiger partial charge in [-0.05, 0) is 30.0 Å². The zero-order valence-corrected chi connectivity index (χ0v) is 14.4. The average molecular weight is 333 g/mol. The van der Waals surface area contributed by atoms with E-state index in [1.54, 1.807) is 0 Å². The maximum Gasteiger partial charge on any atom is 0.319 e. The number of benzene rings is 3. The fourth-order valence-corrected chi connectivity index (χ4v) is 2.83. The van der Waals surface area contributed by atoms with Crippen LogP contribution in [0.3, 0.4) is 0 Å². The lowest BCUT2D eigenvalue weighted by molar-refractivity contribution is 0.252. The van der Waals surface area contributed by atoms with Crippen LogP contribution in [0.15, 0.2) is 72.8 Å². The van der Waals surface area contributed by atoms with Gasteiger partial charge in [-0.1, -0.05) is 54.6 Å². The molecule has 0 aliphatic carbocycles. The zero-order valence-electron chi connectivity index (χ0n) is 14.4. The number of nitrogens with one attached hydrogen (secondary N) is 2. The minimum Gasteiger partial charge on any atom is -0.375 e. The van der Waals surface area contributed by atoms with E-state index in [1.807, 2.05) is 60.7 Å². The second kappa shape index (κ2) is 8.20. The normalized spacial score (nSPS) is 10.4. The molecule has 0 aliphatic heterocycles. The van der Waals surface area contributed by atoms with Gasteiger partial charge in [0, 0.05) is 31.2 Å². The van der Waals surface area contributed by atoms with Crippen molar-refractivity contribution >= 4 is 28.2 Å². The van der Waals surface area contributed by atoms with E-state index in [1.165, 1.54) is 5.69 Å². The summed E-state index contributed by atoms with van der Waals surface area (Å²) in [7, 11) is 2.06. The van der Waals surface area contributed by atoms with Crippen molar-refractivity contribution in [3.05, 3.63) is 72.8 Å². The Morgan fingerprint density at radius 3 is 2.48 bits per heavy atom. The van der Waals surface area contributed by atoms with Gasteiger partial charge in [0.25, 0.3) is 0 Å². The molecule has 0 heterocycles. The minimum absolute atomic E-state index is 0.168. The Balaban J connectivity index is 1.47. The minimum atomic E-state index is -0.168. The summed E-state index contributed by atoms with van der Waals surface area (Å²) in [5, 5.41) is 8.03. The molecule has 4 nitrogen and oxygen atoms in total. The summed E-state index contributed by atoms with van der Waals surface area (Å²) in [6, 6.07) is 24.0. The molecule has 0 bridgehead atoms. The van der Waals surface area contributed by atoms with E-state index in [-0.39, 0.29) is 6.03 Å². The number of amides is 2. The van der Waals surface area contributed by atoms with Gasteiger partial charge in [0.05, 0.1) is 5.69 Å². The molecule has 0 aliphatic rings. The summed E-state index contributed by atoms with van der Waals surface area (Å²) < 4.78 is 0. The third-order valence-corrected chi connectivity index (χ3v) is 4.19. The molecule has 3 aromatic carbocycles. The molecule has 2 N–H and O–H groups in total. The van der Waals surface area contributed by atoms with Crippen LogP contribution in [-0.4, -0.2) is 26.2 Å². The Morgan fingerprint density at radius 1 is 0.920 bits per heavy atom. The van der Waals surface area contributed by atoms with Crippen LogP contribution in [0.25, 0.3) is 10.8 Å². The molecule has 0 fully saturated rings. The molecule has 0 saturated carbocycles. The molecule has 3 rings (SSSR count). The Hall–Kier alpha value is -3.01. The van der Waals surface area contributed by atoms with Crippen molar-refractivity contribution in [2.24, 2.45) is 0 Å². The summed E-state index contributed by atoms with van der Waals surface area (Å²) >= 11 is 0. The first-order valence-corrected chi connectivity index (χ1v) is 8.53. The van der Waals surface area contributed by atoms with Gasteiger partial charge in [0.1, 0.15) is 0 Å². The number of nitrogens with zero attached hydrogens (tertiary/aromatic N) is 1. The van der Waals surface area contributed by atoms with Gasteiger partial charge < -0.3 is 15.5 Å². The SMILES string of the molecule is CN(CCCNC(=O)Nc1cccc2ccccc12)c1ccccc1. The van der Waals surface area contributed by atoms with Crippen LogP contribution in [0.2, 0.25) is 0 Å². The van der Waals surface area contributed by atoms with Crippen molar-refractivity contribution in [3.8, 4) is 0 Å². The number of hydrogen-bond donors (Lipinski definition) is 2. The van der Waals surface area contributed by atoms with Crippen LogP contribution >= 0.6 is 0 Å². The number of urea groups is 1. The highest BCUT2D eigenvalue weighted by molar-refractivity contribution is 6.01. The molecule has 0 unspecified atom stereocenters. The number of para-hydroxylation sites is 1. The summed E-state index contributed by atoms with van der Waals surface area (Å²) in [5.41, 5.74) is 2.01. The third-order valence-electron chi connectivity index (χ3n) is 4.19. The van der Waals surface area contributed by atoms with Crippen molar-refractivity contribution in [2.75, 3.05) is 30.4 Å². The van der Waals surface area contributed by atoms with Gasteiger partial charge in [0.15, 0.2) is 0 Å². The van der Waals surface area contributed by atoms with E-state index >= 15 is 0 Å². The average Bonchev–Trinajstić information content (AvgIpc) is 2.66. The maximum absolute atomic E-state index is 12.1. The highest BCUT2D eigenvalue weighted by Crippen LogP contribution is 2.22. The van der Waals surface area contributed by atoms with Crippen LogP contribution in [0.4, 0.5) is 16.2 Å². The fourth-order valence-electron chi connectivity index (χ4n) is 2.83. The van der Waals surface area contributed by atoms with Crippen molar-refractivity contribution in [2.45, 2.75) is 6.42 Å². The number of carbonyl (C=O) groups is 1. The number of carbonyl (C=O) groups excluding carboxylic acids is 1. The highest BCUT2D eigenvalue weighted by Gasteiger charge is 2.05. The molecule has 2 amide bonds. The summed E-state index contributed by atoms with van der Waals surface area (Å²) in [6.45, 7) is 1.52. The zero-order chi connectivity index (χ0) is 17.5. The summed E-state index contributed by atoms with van der Waals surface area (Å²) in [6.07, 6.45) is 0.883. The van der Waals surface area contributed by atoms with E-state index in [9.17, 15) is 4.79 Å². The number of fused-ring (bicyclic) bond motifs is 1. The van der Waals surface area contributed by atoms with Gasteiger partial charge >= 0.3 is 6.03 Å². The predicted octanol–water partition coefficient (Wildman–Crippen LogP) is 4.49. The Morgan fingerprint density at radius 2 is 1.64 bits per heavy atom. The van der Waals surface area contributed by atoms with Gasteiger partial charge in [-0.25, -0.2) is 4.79 Å². The lowest BCUT2D eigenvalue weighted by Crippen LogP contribution is -2.31. The first kappa shape index (κ1) is 16.8. The van der Waals surface area contributed by atoms with E-state index in [2.05, 4.69) is 34.7 Å². The van der Waals surface area contributed by atoms with Crippen molar-refractivity contribution < 1.29 is 4.79 Å². The molecule has 4 heteroatoms. The topological polar surface area (TPSA) is 44.4 Å². The number of hydrogen-bond acceptors (Lipinski definition) is 2. The van der Waals surface area contributed by atoms with E-state index in [4.69, 9.17) is 0 Å². The van der Waals surface area contributed by atoms with Crippen LogP contribution < -0.4 is 15.5 Å². The van der Waals surface area contributed by atoms with Crippen LogP contribution in [0, 0.1) is 0 Å². The monoisotopic (exact) mass is 333 g/mol. The van der Waals surface area contributed by atoms with Crippen LogP contribution in [0.5, 0.6) is 0 Å². The molecule has 3 aromatic rings. The lowest BCUT2D eigenvalue weighted by Gasteiger charge is -2.19. The molecule has 0 radical (unpaired) electrons. The molecule has 0 saturated heterocycles. The molecule has 128 valence electrons. The van der Waals surface area contributed by atoms with E-state index < -0.39 is 0 Å². The van der Waals surface area contributed by atoms with Crippen molar-refractivity contribution in [1.82, 2.24) is 5.32 Å². The second-order valence-corrected chi connectivity index (χ2v) is 6.02. The quantitative estimate of drug-likeness (QED) is 0.653. The Bertz CT molecular complexity index is 827. The smallest absolute Gasteiger partial charge is 0.319 e. The molecule has 0 spiro atoms. The Labute approximate surface area is 148 Å². The number of anilines is 2. The Kier molecular flexibility index (Phi) is 5.52. The molecule has 0 atom stereocenters. The first-order valence-electron chi connectivity index (χ1n) is 8.53.